The Bertz CT molecular complexity index is 570. The van der Waals surface area contributed by atoms with Gasteiger partial charge in [0.05, 0.1) is 6.61 Å². The third kappa shape index (κ3) is 6.09. The lowest BCUT2D eigenvalue weighted by atomic mass is 10.1. The number of amides is 3. The zero-order valence-corrected chi connectivity index (χ0v) is 14.9. The van der Waals surface area contributed by atoms with Crippen LogP contribution >= 0.6 is 0 Å². The zero-order chi connectivity index (χ0) is 18.2. The van der Waals surface area contributed by atoms with Crippen molar-refractivity contribution in [1.29, 1.82) is 0 Å². The van der Waals surface area contributed by atoms with Crippen LogP contribution in [-0.4, -0.2) is 59.0 Å². The Hall–Kier alpha value is -2.58. The quantitative estimate of drug-likeness (QED) is 0.750. The van der Waals surface area contributed by atoms with Crippen molar-refractivity contribution in [2.45, 2.75) is 45.7 Å². The van der Waals surface area contributed by atoms with E-state index in [4.69, 9.17) is 4.74 Å². The van der Waals surface area contributed by atoms with Crippen LogP contribution in [0, 0.1) is 0 Å². The van der Waals surface area contributed by atoms with Gasteiger partial charge >= 0.3 is 12.1 Å². The van der Waals surface area contributed by atoms with E-state index in [9.17, 15) is 9.59 Å². The first-order valence-corrected chi connectivity index (χ1v) is 8.57. The number of hydrogen-bond donors (Lipinski definition) is 3. The molecular weight excluding hydrogens is 324 g/mol. The molecule has 3 N–H and O–H groups in total. The minimum atomic E-state index is -0.309. The van der Waals surface area contributed by atoms with Crippen LogP contribution in [0.1, 0.15) is 33.6 Å². The SMILES string of the molecule is CCOC(=O)N1CCC(Nc2ccc(NC(=O)NC(C)C)nn2)CC1. The zero-order valence-electron chi connectivity index (χ0n) is 14.9. The average molecular weight is 350 g/mol. The Balaban J connectivity index is 1.78. The number of likely N-dealkylation sites (tertiary alicyclic amines) is 1. The molecule has 2 heterocycles. The van der Waals surface area contributed by atoms with E-state index in [0.717, 1.165) is 12.8 Å². The summed E-state index contributed by atoms with van der Waals surface area (Å²) in [5.74, 6) is 1.03. The van der Waals surface area contributed by atoms with Crippen molar-refractivity contribution in [3.8, 4) is 0 Å². The number of anilines is 2. The van der Waals surface area contributed by atoms with E-state index < -0.39 is 0 Å². The number of nitrogens with one attached hydrogen (secondary N) is 3. The van der Waals surface area contributed by atoms with Crippen LogP contribution in [0.2, 0.25) is 0 Å². The Labute approximate surface area is 147 Å². The van der Waals surface area contributed by atoms with E-state index in [-0.39, 0.29) is 24.2 Å². The third-order valence-electron chi connectivity index (χ3n) is 3.70. The third-order valence-corrected chi connectivity index (χ3v) is 3.70. The van der Waals surface area contributed by atoms with Gasteiger partial charge in [0.2, 0.25) is 0 Å². The minimum Gasteiger partial charge on any atom is -0.450 e. The highest BCUT2D eigenvalue weighted by atomic mass is 16.6. The predicted molar refractivity (Wildman–Crippen MR) is 94.6 cm³/mol. The van der Waals surface area contributed by atoms with Crippen LogP contribution < -0.4 is 16.0 Å². The van der Waals surface area contributed by atoms with Gasteiger partial charge in [-0.25, -0.2) is 9.59 Å². The molecule has 0 aliphatic carbocycles. The van der Waals surface area contributed by atoms with Gasteiger partial charge in [0, 0.05) is 25.2 Å². The van der Waals surface area contributed by atoms with E-state index in [2.05, 4.69) is 26.1 Å². The van der Waals surface area contributed by atoms with Gasteiger partial charge in [-0.05, 0) is 45.7 Å². The largest absolute Gasteiger partial charge is 0.450 e. The molecule has 1 fully saturated rings. The van der Waals surface area contributed by atoms with Crippen LogP contribution in [0.15, 0.2) is 12.1 Å². The molecule has 0 bridgehead atoms. The van der Waals surface area contributed by atoms with Crippen LogP contribution in [0.5, 0.6) is 0 Å². The van der Waals surface area contributed by atoms with Crippen molar-refractivity contribution in [2.75, 3.05) is 30.3 Å². The van der Waals surface area contributed by atoms with Gasteiger partial charge in [0.1, 0.15) is 5.82 Å². The first-order valence-electron chi connectivity index (χ1n) is 8.57. The van der Waals surface area contributed by atoms with Crippen LogP contribution in [0.3, 0.4) is 0 Å². The van der Waals surface area contributed by atoms with Crippen molar-refractivity contribution in [2.24, 2.45) is 0 Å². The second-order valence-corrected chi connectivity index (χ2v) is 6.16. The number of aromatic nitrogens is 2. The summed E-state index contributed by atoms with van der Waals surface area (Å²) in [4.78, 5) is 25.0. The molecule has 1 aromatic rings. The molecule has 0 spiro atoms. The van der Waals surface area contributed by atoms with Crippen LogP contribution in [-0.2, 0) is 4.74 Å². The molecule has 9 heteroatoms. The molecule has 2 rings (SSSR count). The second-order valence-electron chi connectivity index (χ2n) is 6.16. The summed E-state index contributed by atoms with van der Waals surface area (Å²) < 4.78 is 5.01. The van der Waals surface area contributed by atoms with Crippen LogP contribution in [0.25, 0.3) is 0 Å². The van der Waals surface area contributed by atoms with E-state index >= 15 is 0 Å². The normalized spacial score (nSPS) is 15.0. The van der Waals surface area contributed by atoms with Gasteiger partial charge in [-0.2, -0.15) is 0 Å². The molecule has 25 heavy (non-hydrogen) atoms. The summed E-state index contributed by atoms with van der Waals surface area (Å²) in [5.41, 5.74) is 0. The molecule has 0 aromatic carbocycles. The summed E-state index contributed by atoms with van der Waals surface area (Å²) in [6, 6.07) is 3.44. The smallest absolute Gasteiger partial charge is 0.409 e. The molecule has 0 atom stereocenters. The molecule has 3 amide bonds. The highest BCUT2D eigenvalue weighted by molar-refractivity contribution is 5.88. The molecule has 1 aromatic heterocycles. The van der Waals surface area contributed by atoms with E-state index in [1.165, 1.54) is 0 Å². The summed E-state index contributed by atoms with van der Waals surface area (Å²) in [6.07, 6.45) is 1.38. The monoisotopic (exact) mass is 350 g/mol. The number of rotatable bonds is 5. The number of urea groups is 1. The Morgan fingerprint density at radius 3 is 2.44 bits per heavy atom. The standard InChI is InChI=1S/C16H26N6O3/c1-4-25-16(24)22-9-7-12(8-10-22)18-13-5-6-14(21-20-13)19-15(23)17-11(2)3/h5-6,11-12H,4,7-10H2,1-3H3,(H,18,20)(H2,17,19,21,23). The Morgan fingerprint density at radius 1 is 1.24 bits per heavy atom. The number of piperidine rings is 1. The maximum atomic E-state index is 11.7. The molecule has 1 saturated heterocycles. The fraction of sp³-hybridized carbons (Fsp3) is 0.625. The minimum absolute atomic E-state index is 0.0503. The predicted octanol–water partition coefficient (Wildman–Crippen LogP) is 2.04. The topological polar surface area (TPSA) is 108 Å². The summed E-state index contributed by atoms with van der Waals surface area (Å²) in [6.45, 7) is 7.26. The van der Waals surface area contributed by atoms with Gasteiger partial charge in [0.15, 0.2) is 5.82 Å². The van der Waals surface area contributed by atoms with Gasteiger partial charge < -0.3 is 20.3 Å². The van der Waals surface area contributed by atoms with E-state index in [0.29, 0.717) is 31.3 Å². The van der Waals surface area contributed by atoms with Crippen molar-refractivity contribution in [1.82, 2.24) is 20.4 Å². The Morgan fingerprint density at radius 2 is 1.88 bits per heavy atom. The Kier molecular flexibility index (Phi) is 6.79. The molecule has 1 aliphatic rings. The van der Waals surface area contributed by atoms with Gasteiger partial charge in [-0.3, -0.25) is 5.32 Å². The number of carbonyl (C=O) groups is 2. The highest BCUT2D eigenvalue weighted by Crippen LogP contribution is 2.16. The number of ether oxygens (including phenoxy) is 1. The average Bonchev–Trinajstić information content (AvgIpc) is 2.57. The molecule has 138 valence electrons. The van der Waals surface area contributed by atoms with Crippen LogP contribution in [0.4, 0.5) is 21.2 Å². The number of hydrogen-bond acceptors (Lipinski definition) is 6. The van der Waals surface area contributed by atoms with Crippen molar-refractivity contribution in [3.05, 3.63) is 12.1 Å². The first-order chi connectivity index (χ1) is 12.0. The number of nitrogens with zero attached hydrogens (tertiary/aromatic N) is 3. The fourth-order valence-corrected chi connectivity index (χ4v) is 2.52. The maximum absolute atomic E-state index is 11.7. The summed E-state index contributed by atoms with van der Waals surface area (Å²) in [7, 11) is 0. The lowest BCUT2D eigenvalue weighted by molar-refractivity contribution is 0.0983. The summed E-state index contributed by atoms with van der Waals surface area (Å²) in [5, 5.41) is 16.7. The van der Waals surface area contributed by atoms with Gasteiger partial charge in [0.25, 0.3) is 0 Å². The molecule has 9 nitrogen and oxygen atoms in total. The van der Waals surface area contributed by atoms with Crippen molar-refractivity contribution >= 4 is 23.8 Å². The van der Waals surface area contributed by atoms with Gasteiger partial charge in [-0.15, -0.1) is 10.2 Å². The molecule has 0 radical (unpaired) electrons. The highest BCUT2D eigenvalue weighted by Gasteiger charge is 2.23. The summed E-state index contributed by atoms with van der Waals surface area (Å²) >= 11 is 0. The van der Waals surface area contributed by atoms with E-state index in [1.807, 2.05) is 13.8 Å². The molecule has 0 unspecified atom stereocenters. The van der Waals surface area contributed by atoms with E-state index in [1.54, 1.807) is 24.0 Å². The second kappa shape index (κ2) is 9.05. The van der Waals surface area contributed by atoms with Gasteiger partial charge in [-0.1, -0.05) is 0 Å². The lowest BCUT2D eigenvalue weighted by Crippen LogP contribution is -2.42. The fourth-order valence-electron chi connectivity index (χ4n) is 2.52. The molecular formula is C16H26N6O3. The molecule has 0 saturated carbocycles. The lowest BCUT2D eigenvalue weighted by Gasteiger charge is -2.31. The maximum Gasteiger partial charge on any atom is 0.409 e. The number of carbonyl (C=O) groups excluding carboxylic acids is 2. The molecule has 1 aliphatic heterocycles. The van der Waals surface area contributed by atoms with Crippen molar-refractivity contribution in [3.63, 3.8) is 0 Å². The first kappa shape index (κ1) is 18.8. The van der Waals surface area contributed by atoms with Crippen molar-refractivity contribution < 1.29 is 14.3 Å².